The van der Waals surface area contributed by atoms with Crippen LogP contribution in [0.15, 0.2) is 58.2 Å². The monoisotopic (exact) mass is 400 g/mol. The first-order valence-corrected chi connectivity index (χ1v) is 10.3. The molecule has 0 fully saturated rings. The number of nitrogens with zero attached hydrogens (tertiary/aromatic N) is 2. The maximum absolute atomic E-state index is 13.2. The SMILES string of the molecule is COC(=O)c1ccc(S(=O)(=O)n2cc(C3=CCN(C)CC3)c3ccccc32)o1. The molecule has 0 aliphatic carbocycles. The molecule has 1 aliphatic heterocycles. The Morgan fingerprint density at radius 2 is 1.96 bits per heavy atom. The highest BCUT2D eigenvalue weighted by Crippen LogP contribution is 2.33. The number of para-hydroxylation sites is 1. The van der Waals surface area contributed by atoms with Crippen molar-refractivity contribution in [3.63, 3.8) is 0 Å². The van der Waals surface area contributed by atoms with Crippen molar-refractivity contribution in [2.24, 2.45) is 0 Å². The zero-order valence-electron chi connectivity index (χ0n) is 15.6. The molecule has 4 rings (SSSR count). The van der Waals surface area contributed by atoms with Crippen LogP contribution in [0.1, 0.15) is 22.5 Å². The number of hydrogen-bond acceptors (Lipinski definition) is 6. The van der Waals surface area contributed by atoms with E-state index in [9.17, 15) is 13.2 Å². The van der Waals surface area contributed by atoms with Gasteiger partial charge in [0.25, 0.3) is 0 Å². The first kappa shape index (κ1) is 18.5. The molecule has 0 N–H and O–H groups in total. The van der Waals surface area contributed by atoms with Crippen LogP contribution >= 0.6 is 0 Å². The highest BCUT2D eigenvalue weighted by molar-refractivity contribution is 7.90. The van der Waals surface area contributed by atoms with Gasteiger partial charge in [-0.2, -0.15) is 8.42 Å². The largest absolute Gasteiger partial charge is 0.463 e. The second-order valence-corrected chi connectivity index (χ2v) is 8.46. The fraction of sp³-hybridized carbons (Fsp3) is 0.250. The van der Waals surface area contributed by atoms with Crippen LogP contribution in [0.3, 0.4) is 0 Å². The molecule has 146 valence electrons. The van der Waals surface area contributed by atoms with E-state index in [0.717, 1.165) is 36.0 Å². The maximum atomic E-state index is 13.2. The Balaban J connectivity index is 1.85. The van der Waals surface area contributed by atoms with E-state index in [0.29, 0.717) is 5.52 Å². The predicted molar refractivity (Wildman–Crippen MR) is 105 cm³/mol. The molecule has 0 saturated heterocycles. The number of likely N-dealkylation sites (N-methyl/N-ethyl adjacent to an activating group) is 1. The molecule has 3 aromatic rings. The normalized spacial score (nSPS) is 15.6. The molecule has 0 atom stereocenters. The number of esters is 1. The number of hydrogen-bond donors (Lipinski definition) is 0. The molecular weight excluding hydrogens is 380 g/mol. The van der Waals surface area contributed by atoms with Gasteiger partial charge in [0, 0.05) is 30.2 Å². The zero-order valence-corrected chi connectivity index (χ0v) is 16.4. The van der Waals surface area contributed by atoms with Crippen molar-refractivity contribution in [1.82, 2.24) is 8.87 Å². The highest BCUT2D eigenvalue weighted by atomic mass is 32.2. The Bertz CT molecular complexity index is 1190. The number of methoxy groups -OCH3 is 1. The van der Waals surface area contributed by atoms with E-state index in [-0.39, 0.29) is 10.9 Å². The first-order valence-electron chi connectivity index (χ1n) is 8.83. The van der Waals surface area contributed by atoms with Gasteiger partial charge in [-0.25, -0.2) is 8.77 Å². The Labute approximate surface area is 162 Å². The molecule has 0 unspecified atom stereocenters. The average molecular weight is 400 g/mol. The Hall–Kier alpha value is -2.84. The van der Waals surface area contributed by atoms with Crippen molar-refractivity contribution >= 4 is 32.5 Å². The summed E-state index contributed by atoms with van der Waals surface area (Å²) in [6.07, 6.45) is 4.61. The molecule has 1 aliphatic rings. The number of benzene rings is 1. The second kappa shape index (κ2) is 6.96. The number of furan rings is 1. The van der Waals surface area contributed by atoms with Gasteiger partial charge in [0.15, 0.2) is 0 Å². The van der Waals surface area contributed by atoms with E-state index >= 15 is 0 Å². The lowest BCUT2D eigenvalue weighted by molar-refractivity contribution is 0.0559. The third-order valence-electron chi connectivity index (χ3n) is 4.92. The van der Waals surface area contributed by atoms with Gasteiger partial charge in [-0.3, -0.25) is 0 Å². The van der Waals surface area contributed by atoms with Crippen LogP contribution in [0.5, 0.6) is 0 Å². The van der Waals surface area contributed by atoms with Crippen LogP contribution in [-0.4, -0.2) is 50.5 Å². The minimum atomic E-state index is -4.01. The second-order valence-electron chi connectivity index (χ2n) is 6.71. The Morgan fingerprint density at radius 1 is 1.18 bits per heavy atom. The quantitative estimate of drug-likeness (QED) is 0.626. The molecule has 0 amide bonds. The van der Waals surface area contributed by atoms with Crippen molar-refractivity contribution in [2.75, 3.05) is 27.2 Å². The number of aromatic nitrogens is 1. The number of rotatable bonds is 4. The van der Waals surface area contributed by atoms with Crippen LogP contribution in [0.4, 0.5) is 0 Å². The molecule has 28 heavy (non-hydrogen) atoms. The molecule has 0 saturated carbocycles. The van der Waals surface area contributed by atoms with Crippen LogP contribution in [0.2, 0.25) is 0 Å². The molecule has 1 aromatic carbocycles. The van der Waals surface area contributed by atoms with Crippen LogP contribution in [0.25, 0.3) is 16.5 Å². The van der Waals surface area contributed by atoms with E-state index in [1.54, 1.807) is 18.3 Å². The van der Waals surface area contributed by atoms with Gasteiger partial charge < -0.3 is 14.1 Å². The summed E-state index contributed by atoms with van der Waals surface area (Å²) in [5.74, 6) is -0.883. The van der Waals surface area contributed by atoms with E-state index in [1.165, 1.54) is 23.2 Å². The lowest BCUT2D eigenvalue weighted by Crippen LogP contribution is -2.23. The van der Waals surface area contributed by atoms with Gasteiger partial charge in [-0.05, 0) is 37.2 Å². The standard InChI is InChI=1S/C20H20N2O5S/c1-21-11-9-14(10-12-21)16-13-22(17-6-4-3-5-15(16)17)28(24,25)19-8-7-18(27-19)20(23)26-2/h3-9,13H,10-12H2,1-2H3. The molecule has 2 aromatic heterocycles. The lowest BCUT2D eigenvalue weighted by atomic mass is 9.99. The number of carbonyl (C=O) groups excluding carboxylic acids is 1. The van der Waals surface area contributed by atoms with Crippen molar-refractivity contribution < 1.29 is 22.4 Å². The zero-order chi connectivity index (χ0) is 19.9. The van der Waals surface area contributed by atoms with Crippen molar-refractivity contribution in [3.8, 4) is 0 Å². The molecule has 0 spiro atoms. The third-order valence-corrected chi connectivity index (χ3v) is 6.47. The molecule has 7 nitrogen and oxygen atoms in total. The molecule has 0 bridgehead atoms. The first-order chi connectivity index (χ1) is 13.4. The van der Waals surface area contributed by atoms with E-state index < -0.39 is 16.0 Å². The van der Waals surface area contributed by atoms with Crippen LogP contribution < -0.4 is 0 Å². The fourth-order valence-corrected chi connectivity index (χ4v) is 4.68. The van der Waals surface area contributed by atoms with E-state index in [1.807, 2.05) is 12.1 Å². The maximum Gasteiger partial charge on any atom is 0.374 e. The van der Waals surface area contributed by atoms with Crippen LogP contribution in [0, 0.1) is 0 Å². The van der Waals surface area contributed by atoms with Gasteiger partial charge in [0.1, 0.15) is 0 Å². The minimum Gasteiger partial charge on any atom is -0.463 e. The summed E-state index contributed by atoms with van der Waals surface area (Å²) in [5.41, 5.74) is 2.58. The van der Waals surface area contributed by atoms with Gasteiger partial charge in [-0.1, -0.05) is 24.3 Å². The van der Waals surface area contributed by atoms with Crippen molar-refractivity contribution in [3.05, 3.63) is 60.0 Å². The summed E-state index contributed by atoms with van der Waals surface area (Å²) in [6, 6.07) is 9.92. The van der Waals surface area contributed by atoms with Gasteiger partial charge in [-0.15, -0.1) is 0 Å². The third kappa shape index (κ3) is 3.04. The van der Waals surface area contributed by atoms with Gasteiger partial charge in [0.2, 0.25) is 10.9 Å². The molecule has 8 heteroatoms. The fourth-order valence-electron chi connectivity index (χ4n) is 3.39. The van der Waals surface area contributed by atoms with Gasteiger partial charge >= 0.3 is 16.0 Å². The average Bonchev–Trinajstić information content (AvgIpc) is 3.34. The summed E-state index contributed by atoms with van der Waals surface area (Å²) < 4.78 is 37.5. The lowest BCUT2D eigenvalue weighted by Gasteiger charge is -2.21. The topological polar surface area (TPSA) is 81.8 Å². The summed E-state index contributed by atoms with van der Waals surface area (Å²) in [7, 11) is -0.750. The number of ether oxygens (including phenoxy) is 1. The summed E-state index contributed by atoms with van der Waals surface area (Å²) in [4.78, 5) is 13.8. The van der Waals surface area contributed by atoms with Gasteiger partial charge in [0.05, 0.1) is 12.6 Å². The van der Waals surface area contributed by atoms with Crippen molar-refractivity contribution in [1.29, 1.82) is 0 Å². The van der Waals surface area contributed by atoms with Crippen LogP contribution in [-0.2, 0) is 14.8 Å². The minimum absolute atomic E-state index is 0.157. The smallest absolute Gasteiger partial charge is 0.374 e. The number of fused-ring (bicyclic) bond motifs is 1. The highest BCUT2D eigenvalue weighted by Gasteiger charge is 2.27. The summed E-state index contributed by atoms with van der Waals surface area (Å²) >= 11 is 0. The van der Waals surface area contributed by atoms with Crippen molar-refractivity contribution in [2.45, 2.75) is 11.5 Å². The Kier molecular flexibility index (Phi) is 4.60. The molecule has 0 radical (unpaired) electrons. The molecule has 3 heterocycles. The summed E-state index contributed by atoms with van der Waals surface area (Å²) in [5, 5.41) is 0.555. The Morgan fingerprint density at radius 3 is 2.68 bits per heavy atom. The molecular formula is C20H20N2O5S. The predicted octanol–water partition coefficient (Wildman–Crippen LogP) is 2.98. The number of carbonyl (C=O) groups is 1. The van der Waals surface area contributed by atoms with E-state index in [4.69, 9.17) is 4.42 Å². The van der Waals surface area contributed by atoms with E-state index in [2.05, 4.69) is 22.8 Å². The summed E-state index contributed by atoms with van der Waals surface area (Å²) in [6.45, 7) is 1.74.